The number of hydrogen-bond acceptors (Lipinski definition) is 4. The highest BCUT2D eigenvalue weighted by molar-refractivity contribution is 6.30. The molecule has 5 heteroatoms. The van der Waals surface area contributed by atoms with Gasteiger partial charge in [0, 0.05) is 18.7 Å². The van der Waals surface area contributed by atoms with Gasteiger partial charge in [0.05, 0.1) is 0 Å². The van der Waals surface area contributed by atoms with E-state index >= 15 is 0 Å². The molecule has 4 nitrogen and oxygen atoms in total. The van der Waals surface area contributed by atoms with Gasteiger partial charge in [-0.1, -0.05) is 11.6 Å². The second-order valence-corrected chi connectivity index (χ2v) is 4.15. The van der Waals surface area contributed by atoms with Crippen molar-refractivity contribution in [2.75, 3.05) is 20.1 Å². The smallest absolute Gasteiger partial charge is 0.150 e. The summed E-state index contributed by atoms with van der Waals surface area (Å²) in [5, 5.41) is 8.96. The van der Waals surface area contributed by atoms with Gasteiger partial charge in [0.25, 0.3) is 0 Å². The van der Waals surface area contributed by atoms with Crippen molar-refractivity contribution in [3.8, 4) is 6.07 Å². The van der Waals surface area contributed by atoms with E-state index in [0.29, 0.717) is 11.5 Å². The summed E-state index contributed by atoms with van der Waals surface area (Å²) < 4.78 is 0. The third-order valence-electron chi connectivity index (χ3n) is 2.64. The number of halogens is 1. The van der Waals surface area contributed by atoms with Crippen LogP contribution in [0.15, 0.2) is 6.20 Å². The second kappa shape index (κ2) is 4.13. The number of rotatable bonds is 1. The third-order valence-corrected chi connectivity index (χ3v) is 2.93. The van der Waals surface area contributed by atoms with Crippen LogP contribution in [0.25, 0.3) is 0 Å². The standard InChI is InChI=1S/C10H11ClN4/c1-15-3-2-7(6-15)10-13-5-8(4-12)9(11)14-10/h5,7H,2-3,6H2,1H3. The van der Waals surface area contributed by atoms with Gasteiger partial charge < -0.3 is 4.90 Å². The van der Waals surface area contributed by atoms with E-state index in [1.165, 1.54) is 6.20 Å². The molecule has 0 radical (unpaired) electrons. The van der Waals surface area contributed by atoms with Crippen molar-refractivity contribution in [2.24, 2.45) is 0 Å². The number of likely N-dealkylation sites (N-methyl/N-ethyl adjacent to an activating group) is 1. The minimum atomic E-state index is 0.261. The summed E-state index contributed by atoms with van der Waals surface area (Å²) in [5.41, 5.74) is 0.340. The molecule has 1 aliphatic rings. The molecule has 0 aromatic carbocycles. The monoisotopic (exact) mass is 222 g/mol. The van der Waals surface area contributed by atoms with Gasteiger partial charge in [0.2, 0.25) is 0 Å². The zero-order chi connectivity index (χ0) is 10.8. The second-order valence-electron chi connectivity index (χ2n) is 3.79. The molecule has 1 aromatic rings. The van der Waals surface area contributed by atoms with Crippen molar-refractivity contribution in [2.45, 2.75) is 12.3 Å². The van der Waals surface area contributed by atoms with Crippen molar-refractivity contribution < 1.29 is 0 Å². The number of aromatic nitrogens is 2. The predicted octanol–water partition coefficient (Wildman–Crippen LogP) is 1.42. The molecule has 0 saturated carbocycles. The van der Waals surface area contributed by atoms with Crippen LogP contribution >= 0.6 is 11.6 Å². The molecular formula is C10H11ClN4. The Hall–Kier alpha value is -1.18. The van der Waals surface area contributed by atoms with Crippen LogP contribution in [0.4, 0.5) is 0 Å². The van der Waals surface area contributed by atoms with Gasteiger partial charge in [-0.05, 0) is 20.0 Å². The molecule has 1 atom stereocenters. The van der Waals surface area contributed by atoms with Gasteiger partial charge in [0.1, 0.15) is 17.5 Å². The molecule has 1 aromatic heterocycles. The zero-order valence-corrected chi connectivity index (χ0v) is 9.20. The molecule has 1 aliphatic heterocycles. The summed E-state index contributed by atoms with van der Waals surface area (Å²) in [6.45, 7) is 2.02. The molecular weight excluding hydrogens is 212 g/mol. The van der Waals surface area contributed by atoms with Gasteiger partial charge >= 0.3 is 0 Å². The van der Waals surface area contributed by atoms with Gasteiger partial charge in [-0.25, -0.2) is 9.97 Å². The number of nitriles is 1. The van der Waals surface area contributed by atoms with Crippen LogP contribution in [0.5, 0.6) is 0 Å². The first-order chi connectivity index (χ1) is 7.20. The Bertz CT molecular complexity index is 412. The van der Waals surface area contributed by atoms with Gasteiger partial charge in [-0.3, -0.25) is 0 Å². The quantitative estimate of drug-likeness (QED) is 0.675. The first kappa shape index (κ1) is 10.3. The van der Waals surface area contributed by atoms with E-state index in [0.717, 1.165) is 25.3 Å². The highest BCUT2D eigenvalue weighted by Crippen LogP contribution is 2.24. The molecule has 0 spiro atoms. The van der Waals surface area contributed by atoms with E-state index in [-0.39, 0.29) is 5.15 Å². The third kappa shape index (κ3) is 2.09. The Morgan fingerprint density at radius 3 is 3.00 bits per heavy atom. The largest absolute Gasteiger partial charge is 0.306 e. The van der Waals surface area contributed by atoms with E-state index < -0.39 is 0 Å². The van der Waals surface area contributed by atoms with E-state index in [1.807, 2.05) is 6.07 Å². The lowest BCUT2D eigenvalue weighted by molar-refractivity contribution is 0.409. The average Bonchev–Trinajstić information content (AvgIpc) is 2.65. The maximum atomic E-state index is 8.69. The first-order valence-corrected chi connectivity index (χ1v) is 5.19. The Balaban J connectivity index is 2.24. The highest BCUT2D eigenvalue weighted by atomic mass is 35.5. The summed E-state index contributed by atoms with van der Waals surface area (Å²) in [7, 11) is 2.07. The van der Waals surface area contributed by atoms with Crippen LogP contribution in [0.3, 0.4) is 0 Å². The lowest BCUT2D eigenvalue weighted by Crippen LogP contribution is -2.14. The maximum absolute atomic E-state index is 8.69. The van der Waals surface area contributed by atoms with Crippen LogP contribution in [-0.2, 0) is 0 Å². The van der Waals surface area contributed by atoms with Crippen molar-refractivity contribution in [3.05, 3.63) is 22.7 Å². The average molecular weight is 223 g/mol. The van der Waals surface area contributed by atoms with Crippen molar-refractivity contribution in [3.63, 3.8) is 0 Å². The Morgan fingerprint density at radius 2 is 2.47 bits per heavy atom. The molecule has 0 bridgehead atoms. The van der Waals surface area contributed by atoms with Gasteiger partial charge in [0.15, 0.2) is 5.15 Å². The minimum absolute atomic E-state index is 0.261. The summed E-state index contributed by atoms with van der Waals surface area (Å²) in [6, 6.07) is 1.95. The SMILES string of the molecule is CN1CCC(c2ncc(C#N)c(Cl)n2)C1. The fraction of sp³-hybridized carbons (Fsp3) is 0.500. The lowest BCUT2D eigenvalue weighted by Gasteiger charge is -2.09. The fourth-order valence-corrected chi connectivity index (χ4v) is 1.97. The molecule has 2 heterocycles. The molecule has 0 amide bonds. The fourth-order valence-electron chi connectivity index (χ4n) is 1.79. The van der Waals surface area contributed by atoms with E-state index in [2.05, 4.69) is 21.9 Å². The molecule has 0 N–H and O–H groups in total. The molecule has 1 fully saturated rings. The van der Waals surface area contributed by atoms with E-state index in [1.54, 1.807) is 0 Å². The highest BCUT2D eigenvalue weighted by Gasteiger charge is 2.23. The Labute approximate surface area is 93.5 Å². The van der Waals surface area contributed by atoms with Crippen LogP contribution in [0.2, 0.25) is 5.15 Å². The first-order valence-electron chi connectivity index (χ1n) is 4.82. The lowest BCUT2D eigenvalue weighted by atomic mass is 10.1. The number of hydrogen-bond donors (Lipinski definition) is 0. The van der Waals surface area contributed by atoms with Crippen LogP contribution in [-0.4, -0.2) is 35.0 Å². The topological polar surface area (TPSA) is 52.8 Å². The predicted molar refractivity (Wildman–Crippen MR) is 56.6 cm³/mol. The summed E-state index contributed by atoms with van der Waals surface area (Å²) in [5.74, 6) is 1.10. The molecule has 1 unspecified atom stereocenters. The summed E-state index contributed by atoms with van der Waals surface area (Å²) >= 11 is 5.86. The zero-order valence-electron chi connectivity index (χ0n) is 8.44. The van der Waals surface area contributed by atoms with Crippen molar-refractivity contribution >= 4 is 11.6 Å². The summed E-state index contributed by atoms with van der Waals surface area (Å²) in [6.07, 6.45) is 2.56. The molecule has 15 heavy (non-hydrogen) atoms. The molecule has 78 valence electrons. The van der Waals surface area contributed by atoms with Crippen LogP contribution in [0.1, 0.15) is 23.7 Å². The van der Waals surface area contributed by atoms with Gasteiger partial charge in [-0.2, -0.15) is 5.26 Å². The van der Waals surface area contributed by atoms with Crippen LogP contribution in [0, 0.1) is 11.3 Å². The Morgan fingerprint density at radius 1 is 1.67 bits per heavy atom. The molecule has 2 rings (SSSR count). The summed E-state index contributed by atoms with van der Waals surface area (Å²) in [4.78, 5) is 10.6. The van der Waals surface area contributed by atoms with Crippen LogP contribution < -0.4 is 0 Å². The maximum Gasteiger partial charge on any atom is 0.150 e. The van der Waals surface area contributed by atoms with E-state index in [9.17, 15) is 0 Å². The number of likely N-dealkylation sites (tertiary alicyclic amines) is 1. The molecule has 0 aliphatic carbocycles. The number of nitrogens with zero attached hydrogens (tertiary/aromatic N) is 4. The normalized spacial score (nSPS) is 21.5. The van der Waals surface area contributed by atoms with E-state index in [4.69, 9.17) is 16.9 Å². The van der Waals surface area contributed by atoms with Crippen molar-refractivity contribution in [1.29, 1.82) is 5.26 Å². The minimum Gasteiger partial charge on any atom is -0.306 e. The van der Waals surface area contributed by atoms with Crippen molar-refractivity contribution in [1.82, 2.24) is 14.9 Å². The Kier molecular flexibility index (Phi) is 2.85. The van der Waals surface area contributed by atoms with Gasteiger partial charge in [-0.15, -0.1) is 0 Å². The molecule has 1 saturated heterocycles.